The average Bonchev–Trinajstić information content (AvgIpc) is 2.77. The summed E-state index contributed by atoms with van der Waals surface area (Å²) in [6, 6.07) is 0.0718. The summed E-state index contributed by atoms with van der Waals surface area (Å²) < 4.78 is 16.8. The summed E-state index contributed by atoms with van der Waals surface area (Å²) in [5, 5.41) is 0. The molecular weight excluding hydrogens is 239 g/mol. The summed E-state index contributed by atoms with van der Waals surface area (Å²) in [4.78, 5) is 13.3. The number of hydrogen-bond acceptors (Lipinski definition) is 4. The normalized spacial score (nSPS) is 34.4. The van der Waals surface area contributed by atoms with E-state index < -0.39 is 5.79 Å². The van der Waals surface area contributed by atoms with Crippen molar-refractivity contribution in [1.29, 1.82) is 0 Å². The smallest absolute Gasteiger partial charge is 0.222 e. The Bertz CT molecular complexity index is 310. The van der Waals surface area contributed by atoms with E-state index in [-0.39, 0.29) is 24.2 Å². The predicted octanol–water partition coefficient (Wildman–Crippen LogP) is 0.934. The van der Waals surface area contributed by atoms with Gasteiger partial charge in [0.05, 0.1) is 12.6 Å². The summed E-state index contributed by atoms with van der Waals surface area (Å²) in [5.74, 6) is -0.395. The fraction of sp³-hybridized carbons (Fsp3) is 0.909. The van der Waals surface area contributed by atoms with Gasteiger partial charge in [0.15, 0.2) is 5.79 Å². The Morgan fingerprint density at radius 3 is 2.71 bits per heavy atom. The van der Waals surface area contributed by atoms with E-state index in [0.717, 1.165) is 6.42 Å². The van der Waals surface area contributed by atoms with Gasteiger partial charge in [-0.05, 0) is 20.3 Å². The number of rotatable bonds is 3. The van der Waals surface area contributed by atoms with Crippen LogP contribution in [0.4, 0.5) is 0 Å². The van der Waals surface area contributed by atoms with Crippen LogP contribution in [-0.2, 0) is 18.8 Å². The molecule has 6 heteroatoms. The third-order valence-electron chi connectivity index (χ3n) is 3.48. The lowest BCUT2D eigenvalue weighted by atomic mass is 10.0. The molecular formula is C11H20NO4P. The molecule has 2 aliphatic heterocycles. The number of hydrogen-bond donors (Lipinski definition) is 0. The molecule has 0 aromatic carbocycles. The van der Waals surface area contributed by atoms with E-state index in [1.165, 1.54) is 0 Å². The lowest BCUT2D eigenvalue weighted by molar-refractivity contribution is -0.152. The second-order valence-electron chi connectivity index (χ2n) is 5.08. The molecule has 4 atom stereocenters. The van der Waals surface area contributed by atoms with Gasteiger partial charge in [0.25, 0.3) is 0 Å². The van der Waals surface area contributed by atoms with Crippen LogP contribution in [0.2, 0.25) is 0 Å². The lowest BCUT2D eigenvalue weighted by Crippen LogP contribution is -2.46. The number of carbonyl (C=O) groups excluding carboxylic acids is 1. The van der Waals surface area contributed by atoms with Gasteiger partial charge in [-0.15, -0.1) is 0 Å². The quantitative estimate of drug-likeness (QED) is 0.708. The third-order valence-corrected chi connectivity index (χ3v) is 3.79. The second kappa shape index (κ2) is 4.81. The molecule has 4 unspecified atom stereocenters. The molecule has 2 fully saturated rings. The monoisotopic (exact) mass is 259 g/mol. The molecule has 0 bridgehead atoms. The van der Waals surface area contributed by atoms with Crippen molar-refractivity contribution >= 4 is 15.4 Å². The molecule has 0 aliphatic carbocycles. The largest absolute Gasteiger partial charge is 0.357 e. The minimum Gasteiger partial charge on any atom is -0.357 e. The molecule has 17 heavy (non-hydrogen) atoms. The van der Waals surface area contributed by atoms with Crippen molar-refractivity contribution in [2.45, 2.75) is 50.7 Å². The van der Waals surface area contributed by atoms with Crippen molar-refractivity contribution in [3.05, 3.63) is 0 Å². The summed E-state index contributed by atoms with van der Waals surface area (Å²) in [7, 11) is 4.10. The van der Waals surface area contributed by atoms with Crippen LogP contribution in [0, 0.1) is 0 Å². The van der Waals surface area contributed by atoms with Crippen molar-refractivity contribution in [3.63, 3.8) is 0 Å². The van der Waals surface area contributed by atoms with E-state index in [0.29, 0.717) is 13.0 Å². The molecule has 2 rings (SSSR count). The molecule has 0 aromatic heterocycles. The van der Waals surface area contributed by atoms with Crippen LogP contribution in [0.3, 0.4) is 0 Å². The van der Waals surface area contributed by atoms with Crippen molar-refractivity contribution in [2.24, 2.45) is 0 Å². The van der Waals surface area contributed by atoms with Crippen molar-refractivity contribution in [3.8, 4) is 0 Å². The van der Waals surface area contributed by atoms with Crippen molar-refractivity contribution in [2.75, 3.05) is 13.7 Å². The van der Waals surface area contributed by atoms with Crippen LogP contribution in [0.25, 0.3) is 0 Å². The van der Waals surface area contributed by atoms with Crippen LogP contribution < -0.4 is 0 Å². The number of likely N-dealkylation sites (tertiary alicyclic amines) is 1. The lowest BCUT2D eigenvalue weighted by Gasteiger charge is -2.31. The van der Waals surface area contributed by atoms with Gasteiger partial charge in [0, 0.05) is 22.9 Å². The molecule has 0 radical (unpaired) electrons. The number of nitrogens with zero attached hydrogens (tertiary/aromatic N) is 1. The van der Waals surface area contributed by atoms with E-state index in [1.54, 1.807) is 4.90 Å². The van der Waals surface area contributed by atoms with E-state index in [1.807, 2.05) is 20.9 Å². The van der Waals surface area contributed by atoms with Gasteiger partial charge >= 0.3 is 0 Å². The van der Waals surface area contributed by atoms with E-state index in [4.69, 9.17) is 14.0 Å². The zero-order chi connectivity index (χ0) is 12.6. The van der Waals surface area contributed by atoms with Crippen molar-refractivity contribution in [1.82, 2.24) is 4.90 Å². The molecule has 0 N–H and O–H groups in total. The summed E-state index contributed by atoms with van der Waals surface area (Å²) in [6.45, 7) is 4.28. The van der Waals surface area contributed by atoms with Crippen LogP contribution in [0.15, 0.2) is 0 Å². The molecule has 5 nitrogen and oxygen atoms in total. The molecule has 2 heterocycles. The van der Waals surface area contributed by atoms with Crippen LogP contribution in [0.5, 0.6) is 0 Å². The summed E-state index contributed by atoms with van der Waals surface area (Å²) in [6.07, 6.45) is 1.12. The van der Waals surface area contributed by atoms with Crippen molar-refractivity contribution < 1.29 is 18.8 Å². The Kier molecular flexibility index (Phi) is 3.74. The molecule has 0 saturated carbocycles. The Hall–Kier alpha value is -0.220. The molecule has 0 aromatic rings. The summed E-state index contributed by atoms with van der Waals surface area (Å²) >= 11 is 0. The molecule has 1 amide bonds. The SMILES string of the molecule is CN1C(=O)CCC1C([14O]P)C1COC(C)(C)O1. The zero-order valence-corrected chi connectivity index (χ0v) is 11.7. The minimum atomic E-state index is -0.562. The number of ether oxygens (including phenoxy) is 2. The molecule has 98 valence electrons. The van der Waals surface area contributed by atoms with Gasteiger partial charge in [0.2, 0.25) is 5.91 Å². The number of likely N-dealkylation sites (N-methyl/N-ethyl adjacent to an activating group) is 1. The fourth-order valence-corrected chi connectivity index (χ4v) is 2.87. The number of amides is 1. The highest BCUT2D eigenvalue weighted by atomic mass is 31.0. The van der Waals surface area contributed by atoms with E-state index in [2.05, 4.69) is 9.47 Å². The first-order chi connectivity index (χ1) is 7.94. The van der Waals surface area contributed by atoms with E-state index >= 15 is 0 Å². The number of carbonyl (C=O) groups is 1. The molecule has 2 aliphatic rings. The van der Waals surface area contributed by atoms with Gasteiger partial charge in [-0.2, -0.15) is 0 Å². The van der Waals surface area contributed by atoms with E-state index in [9.17, 15) is 4.79 Å². The Balaban J connectivity index is 2.05. The van der Waals surface area contributed by atoms with Gasteiger partial charge in [-0.1, -0.05) is 0 Å². The van der Waals surface area contributed by atoms with Crippen LogP contribution in [-0.4, -0.2) is 48.5 Å². The highest BCUT2D eigenvalue weighted by Gasteiger charge is 2.44. The first-order valence-corrected chi connectivity index (χ1v) is 6.35. The fourth-order valence-electron chi connectivity index (χ4n) is 2.51. The predicted molar refractivity (Wildman–Crippen MR) is 65.3 cm³/mol. The first-order valence-electron chi connectivity index (χ1n) is 5.87. The Morgan fingerprint density at radius 2 is 2.29 bits per heavy atom. The van der Waals surface area contributed by atoms with Gasteiger partial charge in [-0.3, -0.25) is 4.79 Å². The highest BCUT2D eigenvalue weighted by molar-refractivity contribution is 7.09. The third kappa shape index (κ3) is 2.63. The summed E-state index contributed by atoms with van der Waals surface area (Å²) in [5.41, 5.74) is 0. The maximum absolute atomic E-state index is 11.5. The maximum atomic E-state index is 11.5. The second-order valence-corrected chi connectivity index (χ2v) is 5.35. The van der Waals surface area contributed by atoms with Gasteiger partial charge in [0.1, 0.15) is 12.2 Å². The minimum absolute atomic E-state index is 0.0718. The highest BCUT2D eigenvalue weighted by Crippen LogP contribution is 2.32. The first kappa shape index (κ1) is 13.2. The Morgan fingerprint density at radius 1 is 1.59 bits per heavy atom. The maximum Gasteiger partial charge on any atom is 0.222 e. The van der Waals surface area contributed by atoms with Gasteiger partial charge in [-0.25, -0.2) is 0 Å². The topological polar surface area (TPSA) is 48.0 Å². The molecule has 2 saturated heterocycles. The molecule has 0 spiro atoms. The van der Waals surface area contributed by atoms with Crippen LogP contribution in [0.1, 0.15) is 26.7 Å². The van der Waals surface area contributed by atoms with Gasteiger partial charge < -0.3 is 18.9 Å². The average molecular weight is 259 g/mol. The van der Waals surface area contributed by atoms with Crippen LogP contribution >= 0.6 is 9.47 Å². The standard InChI is InChI=1S/C11H20NO4P/c1-11(2)14-6-8(15-11)10(16-17)7-4-5-9(13)12(7)3/h7-8,10H,4-6,17H2,1-3H3/i16-2. The zero-order valence-electron chi connectivity index (χ0n) is 10.5. The Labute approximate surface area is 104 Å².